The van der Waals surface area contributed by atoms with Gasteiger partial charge in [0.15, 0.2) is 17.5 Å². The largest absolute Gasteiger partial charge is 0.378 e. The highest BCUT2D eigenvalue weighted by atomic mass is 19.2. The number of rotatable bonds is 3. The summed E-state index contributed by atoms with van der Waals surface area (Å²) in [5.74, 6) is -4.49. The zero-order valence-corrected chi connectivity index (χ0v) is 10.1. The number of hydrogen-bond acceptors (Lipinski definition) is 1. The minimum Gasteiger partial charge on any atom is -0.378 e. The number of benzene rings is 2. The topological polar surface area (TPSA) is 12.0 Å². The maximum atomic E-state index is 13.5. The minimum absolute atomic E-state index is 0.00407. The molecule has 0 aliphatic heterocycles. The SMILES string of the molecule is Cc1cccc(F)c1NCc1cc(F)c(F)c(F)c1. The fourth-order valence-electron chi connectivity index (χ4n) is 1.76. The minimum atomic E-state index is -1.51. The predicted octanol–water partition coefficient (Wildman–Crippen LogP) is 4.16. The standard InChI is InChI=1S/C14H11F4N/c1-8-3-2-4-10(15)14(8)19-7-9-5-11(16)13(18)12(17)6-9/h2-6,19H,7H2,1H3. The quantitative estimate of drug-likeness (QED) is 0.651. The first-order chi connectivity index (χ1) is 8.99. The van der Waals surface area contributed by atoms with E-state index in [0.717, 1.165) is 12.1 Å². The molecule has 0 aliphatic carbocycles. The molecule has 0 bridgehead atoms. The Morgan fingerprint density at radius 2 is 1.58 bits per heavy atom. The van der Waals surface area contributed by atoms with Crippen LogP contribution in [0.15, 0.2) is 30.3 Å². The maximum absolute atomic E-state index is 13.5. The van der Waals surface area contributed by atoms with E-state index in [0.29, 0.717) is 5.56 Å². The summed E-state index contributed by atoms with van der Waals surface area (Å²) in [5.41, 5.74) is 1.12. The van der Waals surface area contributed by atoms with Crippen LogP contribution in [0.25, 0.3) is 0 Å². The lowest BCUT2D eigenvalue weighted by Crippen LogP contribution is -2.05. The van der Waals surface area contributed by atoms with Gasteiger partial charge in [-0.3, -0.25) is 0 Å². The van der Waals surface area contributed by atoms with Crippen molar-refractivity contribution in [2.45, 2.75) is 13.5 Å². The molecule has 0 heterocycles. The van der Waals surface area contributed by atoms with E-state index in [4.69, 9.17) is 0 Å². The molecule has 0 amide bonds. The molecule has 0 fully saturated rings. The molecule has 0 spiro atoms. The maximum Gasteiger partial charge on any atom is 0.194 e. The average Bonchev–Trinajstić information content (AvgIpc) is 2.35. The fourth-order valence-corrected chi connectivity index (χ4v) is 1.76. The normalized spacial score (nSPS) is 10.6. The highest BCUT2D eigenvalue weighted by Crippen LogP contribution is 2.20. The lowest BCUT2D eigenvalue weighted by atomic mass is 10.1. The van der Waals surface area contributed by atoms with Crippen molar-refractivity contribution in [1.82, 2.24) is 0 Å². The summed E-state index contributed by atoms with van der Waals surface area (Å²) in [6, 6.07) is 6.30. The van der Waals surface area contributed by atoms with Crippen LogP contribution in [0.1, 0.15) is 11.1 Å². The van der Waals surface area contributed by atoms with E-state index in [2.05, 4.69) is 5.32 Å². The van der Waals surface area contributed by atoms with Crippen molar-refractivity contribution < 1.29 is 17.6 Å². The van der Waals surface area contributed by atoms with Crippen molar-refractivity contribution in [2.24, 2.45) is 0 Å². The van der Waals surface area contributed by atoms with Gasteiger partial charge < -0.3 is 5.32 Å². The molecule has 0 aliphatic rings. The molecular weight excluding hydrogens is 258 g/mol. The first kappa shape index (κ1) is 13.4. The van der Waals surface area contributed by atoms with Crippen molar-refractivity contribution in [3.05, 3.63) is 64.7 Å². The number of para-hydroxylation sites is 1. The molecule has 0 aromatic heterocycles. The zero-order chi connectivity index (χ0) is 14.0. The third-order valence-electron chi connectivity index (χ3n) is 2.73. The molecular formula is C14H11F4N. The second kappa shape index (κ2) is 5.30. The Morgan fingerprint density at radius 3 is 2.16 bits per heavy atom. The van der Waals surface area contributed by atoms with Crippen molar-refractivity contribution in [3.8, 4) is 0 Å². The highest BCUT2D eigenvalue weighted by Gasteiger charge is 2.11. The number of aryl methyl sites for hydroxylation is 1. The average molecular weight is 269 g/mol. The predicted molar refractivity (Wildman–Crippen MR) is 64.8 cm³/mol. The fraction of sp³-hybridized carbons (Fsp3) is 0.143. The van der Waals surface area contributed by atoms with Gasteiger partial charge in [0.2, 0.25) is 0 Å². The number of nitrogens with one attached hydrogen (secondary N) is 1. The van der Waals surface area contributed by atoms with E-state index < -0.39 is 23.3 Å². The molecule has 0 unspecified atom stereocenters. The van der Waals surface area contributed by atoms with Gasteiger partial charge in [0.05, 0.1) is 5.69 Å². The Labute approximate surface area is 107 Å². The summed E-state index contributed by atoms with van der Waals surface area (Å²) in [6.45, 7) is 1.70. The third kappa shape index (κ3) is 2.86. The molecule has 1 N–H and O–H groups in total. The van der Waals surface area contributed by atoms with Gasteiger partial charge >= 0.3 is 0 Å². The molecule has 19 heavy (non-hydrogen) atoms. The summed E-state index contributed by atoms with van der Waals surface area (Å²) in [4.78, 5) is 0. The van der Waals surface area contributed by atoms with E-state index in [1.54, 1.807) is 19.1 Å². The van der Waals surface area contributed by atoms with Gasteiger partial charge in [-0.2, -0.15) is 0 Å². The van der Waals surface area contributed by atoms with E-state index in [1.165, 1.54) is 6.07 Å². The van der Waals surface area contributed by atoms with E-state index >= 15 is 0 Å². The lowest BCUT2D eigenvalue weighted by molar-refractivity contribution is 0.445. The van der Waals surface area contributed by atoms with Gasteiger partial charge in [-0.15, -0.1) is 0 Å². The van der Waals surface area contributed by atoms with Crippen LogP contribution < -0.4 is 5.32 Å². The van der Waals surface area contributed by atoms with Gasteiger partial charge in [-0.1, -0.05) is 12.1 Å². The van der Waals surface area contributed by atoms with Crippen LogP contribution in [0.4, 0.5) is 23.2 Å². The van der Waals surface area contributed by atoms with Crippen LogP contribution in [0.5, 0.6) is 0 Å². The van der Waals surface area contributed by atoms with Crippen molar-refractivity contribution in [3.63, 3.8) is 0 Å². The number of anilines is 1. The molecule has 2 aromatic carbocycles. The van der Waals surface area contributed by atoms with E-state index in [9.17, 15) is 17.6 Å². The molecule has 1 nitrogen and oxygen atoms in total. The molecule has 0 saturated heterocycles. The van der Waals surface area contributed by atoms with Crippen LogP contribution in [0, 0.1) is 30.2 Å². The van der Waals surface area contributed by atoms with E-state index in [-0.39, 0.29) is 17.8 Å². The summed E-state index contributed by atoms with van der Waals surface area (Å²) < 4.78 is 52.3. The summed E-state index contributed by atoms with van der Waals surface area (Å²) in [6.07, 6.45) is 0. The zero-order valence-electron chi connectivity index (χ0n) is 10.1. The van der Waals surface area contributed by atoms with Crippen molar-refractivity contribution >= 4 is 5.69 Å². The van der Waals surface area contributed by atoms with Gasteiger partial charge in [0.25, 0.3) is 0 Å². The first-order valence-electron chi connectivity index (χ1n) is 5.61. The third-order valence-corrected chi connectivity index (χ3v) is 2.73. The second-order valence-corrected chi connectivity index (χ2v) is 4.16. The molecule has 5 heteroatoms. The van der Waals surface area contributed by atoms with Gasteiger partial charge in [0.1, 0.15) is 5.82 Å². The Kier molecular flexibility index (Phi) is 3.74. The smallest absolute Gasteiger partial charge is 0.194 e. The van der Waals surface area contributed by atoms with Gasteiger partial charge in [-0.25, -0.2) is 17.6 Å². The number of halogens is 4. The van der Waals surface area contributed by atoms with Crippen molar-refractivity contribution in [2.75, 3.05) is 5.32 Å². The summed E-state index contributed by atoms with van der Waals surface area (Å²) in [7, 11) is 0. The summed E-state index contributed by atoms with van der Waals surface area (Å²) >= 11 is 0. The highest BCUT2D eigenvalue weighted by molar-refractivity contribution is 5.52. The number of hydrogen-bond donors (Lipinski definition) is 1. The summed E-state index contributed by atoms with van der Waals surface area (Å²) in [5, 5.41) is 2.74. The second-order valence-electron chi connectivity index (χ2n) is 4.16. The lowest BCUT2D eigenvalue weighted by Gasteiger charge is -2.11. The molecule has 2 aromatic rings. The van der Waals surface area contributed by atoms with Crippen molar-refractivity contribution in [1.29, 1.82) is 0 Å². The van der Waals surface area contributed by atoms with Crippen LogP contribution >= 0.6 is 0 Å². The van der Waals surface area contributed by atoms with Gasteiger partial charge in [-0.05, 0) is 36.2 Å². The Hall–Kier alpha value is -2.04. The Balaban J connectivity index is 2.19. The molecule has 0 radical (unpaired) electrons. The Bertz CT molecular complexity index is 567. The van der Waals surface area contributed by atoms with Gasteiger partial charge in [0, 0.05) is 6.54 Å². The molecule has 2 rings (SSSR count). The van der Waals surface area contributed by atoms with E-state index in [1.807, 2.05) is 0 Å². The van der Waals surface area contributed by atoms with Crippen LogP contribution in [0.3, 0.4) is 0 Å². The molecule has 0 saturated carbocycles. The van der Waals surface area contributed by atoms with Crippen LogP contribution in [-0.4, -0.2) is 0 Å². The van der Waals surface area contributed by atoms with Crippen LogP contribution in [-0.2, 0) is 6.54 Å². The monoisotopic (exact) mass is 269 g/mol. The van der Waals surface area contributed by atoms with Crippen LogP contribution in [0.2, 0.25) is 0 Å². The molecule has 100 valence electrons. The Morgan fingerprint density at radius 1 is 0.947 bits per heavy atom. The molecule has 0 atom stereocenters. The first-order valence-corrected chi connectivity index (χ1v) is 5.61.